The lowest BCUT2D eigenvalue weighted by Gasteiger charge is -2.27. The predicted molar refractivity (Wildman–Crippen MR) is 89.9 cm³/mol. The molecule has 1 amide bonds. The van der Waals surface area contributed by atoms with Crippen LogP contribution in [0.15, 0.2) is 16.7 Å². The summed E-state index contributed by atoms with van der Waals surface area (Å²) in [4.78, 5) is 16.1. The Morgan fingerprint density at radius 2 is 2.32 bits per heavy atom. The standard InChI is InChI=1S/C17H24FN5O2/c1-4-13-7-16(20-19-13)17(24)22(3)9-14-6-12(18)8-23(14)10-15-5-11(2)21-25-15/h5,7,12,14H,4,6,8-10H2,1-3H3,(H,19,20)/t12-,14-/m0/s1. The molecule has 25 heavy (non-hydrogen) atoms. The van der Waals surface area contributed by atoms with Gasteiger partial charge >= 0.3 is 0 Å². The highest BCUT2D eigenvalue weighted by Crippen LogP contribution is 2.24. The summed E-state index contributed by atoms with van der Waals surface area (Å²) in [5, 5.41) is 10.8. The number of H-pyrrole nitrogens is 1. The number of amides is 1. The Labute approximate surface area is 146 Å². The fourth-order valence-corrected chi connectivity index (χ4v) is 3.24. The molecule has 1 fully saturated rings. The summed E-state index contributed by atoms with van der Waals surface area (Å²) >= 11 is 0. The van der Waals surface area contributed by atoms with Crippen LogP contribution in [0.1, 0.15) is 41.0 Å². The monoisotopic (exact) mass is 349 g/mol. The molecule has 2 atom stereocenters. The minimum atomic E-state index is -0.894. The summed E-state index contributed by atoms with van der Waals surface area (Å²) in [6.45, 7) is 5.13. The van der Waals surface area contributed by atoms with E-state index >= 15 is 0 Å². The number of aromatic nitrogens is 3. The van der Waals surface area contributed by atoms with Crippen molar-refractivity contribution < 1.29 is 13.7 Å². The molecule has 1 saturated heterocycles. The van der Waals surface area contributed by atoms with Gasteiger partial charge in [-0.2, -0.15) is 5.10 Å². The van der Waals surface area contributed by atoms with Crippen LogP contribution in [-0.4, -0.2) is 63.4 Å². The average Bonchev–Trinajstić information content (AvgIpc) is 3.28. The molecule has 0 radical (unpaired) electrons. The Bertz CT molecular complexity index is 728. The molecule has 2 aromatic heterocycles. The van der Waals surface area contributed by atoms with E-state index in [1.54, 1.807) is 18.0 Å². The number of aromatic amines is 1. The van der Waals surface area contributed by atoms with Crippen LogP contribution in [0, 0.1) is 6.92 Å². The summed E-state index contributed by atoms with van der Waals surface area (Å²) in [6, 6.07) is 3.56. The van der Waals surface area contributed by atoms with Gasteiger partial charge in [-0.25, -0.2) is 4.39 Å². The van der Waals surface area contributed by atoms with Gasteiger partial charge in [0, 0.05) is 37.9 Å². The lowest BCUT2D eigenvalue weighted by molar-refractivity contribution is 0.0740. The molecule has 0 saturated carbocycles. The third kappa shape index (κ3) is 4.07. The van der Waals surface area contributed by atoms with Gasteiger partial charge in [-0.15, -0.1) is 0 Å². The Balaban J connectivity index is 1.63. The van der Waals surface area contributed by atoms with Gasteiger partial charge in [-0.1, -0.05) is 12.1 Å². The number of hydrogen-bond donors (Lipinski definition) is 1. The van der Waals surface area contributed by atoms with E-state index in [9.17, 15) is 9.18 Å². The van der Waals surface area contributed by atoms with Crippen molar-refractivity contribution in [3.8, 4) is 0 Å². The topological polar surface area (TPSA) is 78.3 Å². The van der Waals surface area contributed by atoms with Crippen LogP contribution in [0.5, 0.6) is 0 Å². The molecular formula is C17H24FN5O2. The second kappa shape index (κ2) is 7.35. The first-order valence-electron chi connectivity index (χ1n) is 8.56. The maximum atomic E-state index is 13.9. The van der Waals surface area contributed by atoms with Gasteiger partial charge in [-0.05, 0) is 25.8 Å². The highest BCUT2D eigenvalue weighted by atomic mass is 19.1. The minimum absolute atomic E-state index is 0.0565. The number of alkyl halides is 1. The number of likely N-dealkylation sites (N-methyl/N-ethyl adjacent to an activating group) is 1. The van der Waals surface area contributed by atoms with Crippen LogP contribution in [0.3, 0.4) is 0 Å². The van der Waals surface area contributed by atoms with Crippen molar-refractivity contribution >= 4 is 5.91 Å². The van der Waals surface area contributed by atoms with E-state index in [1.165, 1.54) is 0 Å². The van der Waals surface area contributed by atoms with Crippen LogP contribution in [0.25, 0.3) is 0 Å². The van der Waals surface area contributed by atoms with Crippen LogP contribution < -0.4 is 0 Å². The van der Waals surface area contributed by atoms with E-state index in [4.69, 9.17) is 4.52 Å². The van der Waals surface area contributed by atoms with E-state index < -0.39 is 6.17 Å². The number of likely N-dealkylation sites (tertiary alicyclic amines) is 1. The van der Waals surface area contributed by atoms with E-state index in [0.717, 1.165) is 17.8 Å². The summed E-state index contributed by atoms with van der Waals surface area (Å²) in [7, 11) is 1.73. The lowest BCUT2D eigenvalue weighted by atomic mass is 10.2. The number of halogens is 1. The maximum absolute atomic E-state index is 13.9. The molecule has 8 heteroatoms. The SMILES string of the molecule is CCc1cc(C(=O)N(C)C[C@@H]2C[C@H](F)CN2Cc2cc(C)no2)n[nH]1. The smallest absolute Gasteiger partial charge is 0.274 e. The zero-order chi connectivity index (χ0) is 18.0. The number of carbonyl (C=O) groups is 1. The van der Waals surface area contributed by atoms with Crippen molar-refractivity contribution in [3.05, 3.63) is 35.0 Å². The summed E-state index contributed by atoms with van der Waals surface area (Å²) in [5.74, 6) is 0.555. The van der Waals surface area contributed by atoms with Crippen molar-refractivity contribution in [2.75, 3.05) is 20.1 Å². The Morgan fingerprint density at radius 1 is 1.52 bits per heavy atom. The summed E-state index contributed by atoms with van der Waals surface area (Å²) in [5.41, 5.74) is 2.12. The number of nitrogens with zero attached hydrogens (tertiary/aromatic N) is 4. The van der Waals surface area contributed by atoms with Crippen LogP contribution in [-0.2, 0) is 13.0 Å². The van der Waals surface area contributed by atoms with Crippen molar-refractivity contribution in [3.63, 3.8) is 0 Å². The molecule has 1 N–H and O–H groups in total. The average molecular weight is 349 g/mol. The maximum Gasteiger partial charge on any atom is 0.274 e. The van der Waals surface area contributed by atoms with Crippen molar-refractivity contribution in [2.24, 2.45) is 0 Å². The van der Waals surface area contributed by atoms with Crippen molar-refractivity contribution in [1.82, 2.24) is 25.2 Å². The zero-order valence-electron chi connectivity index (χ0n) is 14.8. The second-order valence-corrected chi connectivity index (χ2v) is 6.67. The number of carbonyl (C=O) groups excluding carboxylic acids is 1. The largest absolute Gasteiger partial charge is 0.360 e. The first kappa shape index (κ1) is 17.6. The van der Waals surface area contributed by atoms with Gasteiger partial charge in [0.1, 0.15) is 11.9 Å². The normalized spacial score (nSPS) is 21.0. The number of hydrogen-bond acceptors (Lipinski definition) is 5. The summed E-state index contributed by atoms with van der Waals surface area (Å²) < 4.78 is 19.2. The molecule has 1 aliphatic heterocycles. The Morgan fingerprint density at radius 3 is 2.96 bits per heavy atom. The Kier molecular flexibility index (Phi) is 5.17. The first-order valence-corrected chi connectivity index (χ1v) is 8.56. The van der Waals surface area contributed by atoms with Crippen LogP contribution >= 0.6 is 0 Å². The molecule has 0 aromatic carbocycles. The molecular weight excluding hydrogens is 325 g/mol. The number of rotatable bonds is 6. The van der Waals surface area contributed by atoms with Gasteiger partial charge < -0.3 is 9.42 Å². The second-order valence-electron chi connectivity index (χ2n) is 6.67. The molecule has 136 valence electrons. The molecule has 0 bridgehead atoms. The van der Waals surface area contributed by atoms with Gasteiger partial charge in [0.2, 0.25) is 0 Å². The minimum Gasteiger partial charge on any atom is -0.360 e. The fourth-order valence-electron chi connectivity index (χ4n) is 3.24. The molecule has 0 aliphatic carbocycles. The van der Waals surface area contributed by atoms with E-state index in [2.05, 4.69) is 15.4 Å². The van der Waals surface area contributed by atoms with Gasteiger partial charge in [0.15, 0.2) is 5.76 Å². The number of aryl methyl sites for hydroxylation is 2. The molecule has 0 spiro atoms. The molecule has 2 aromatic rings. The van der Waals surface area contributed by atoms with E-state index in [0.29, 0.717) is 37.5 Å². The zero-order valence-corrected chi connectivity index (χ0v) is 14.8. The van der Waals surface area contributed by atoms with Gasteiger partial charge in [-0.3, -0.25) is 14.8 Å². The Hall–Kier alpha value is -2.22. The summed E-state index contributed by atoms with van der Waals surface area (Å²) in [6.07, 6.45) is 0.307. The third-order valence-electron chi connectivity index (χ3n) is 4.57. The van der Waals surface area contributed by atoms with Crippen LogP contribution in [0.2, 0.25) is 0 Å². The quantitative estimate of drug-likeness (QED) is 0.862. The van der Waals surface area contributed by atoms with Gasteiger partial charge in [0.05, 0.1) is 12.2 Å². The molecule has 0 unspecified atom stereocenters. The fraction of sp³-hybridized carbons (Fsp3) is 0.588. The van der Waals surface area contributed by atoms with Crippen molar-refractivity contribution in [1.29, 1.82) is 0 Å². The van der Waals surface area contributed by atoms with E-state index in [-0.39, 0.29) is 11.9 Å². The van der Waals surface area contributed by atoms with Crippen molar-refractivity contribution in [2.45, 2.75) is 45.4 Å². The molecule has 1 aliphatic rings. The number of nitrogens with one attached hydrogen (secondary N) is 1. The highest BCUT2D eigenvalue weighted by molar-refractivity contribution is 5.92. The third-order valence-corrected chi connectivity index (χ3v) is 4.57. The van der Waals surface area contributed by atoms with Crippen LogP contribution in [0.4, 0.5) is 4.39 Å². The predicted octanol–water partition coefficient (Wildman–Crippen LogP) is 1.95. The highest BCUT2D eigenvalue weighted by Gasteiger charge is 2.34. The van der Waals surface area contributed by atoms with E-state index in [1.807, 2.05) is 24.8 Å². The first-order chi connectivity index (χ1) is 12.0. The molecule has 7 nitrogen and oxygen atoms in total. The molecule has 3 rings (SSSR count). The molecule has 3 heterocycles. The van der Waals surface area contributed by atoms with Gasteiger partial charge in [0.25, 0.3) is 5.91 Å². The lowest BCUT2D eigenvalue weighted by Crippen LogP contribution is -2.41.